The molecule has 1 aliphatic rings. The van der Waals surface area contributed by atoms with Crippen molar-refractivity contribution in [1.82, 2.24) is 4.90 Å². The van der Waals surface area contributed by atoms with Crippen LogP contribution in [0.25, 0.3) is 11.1 Å². The van der Waals surface area contributed by atoms with Crippen molar-refractivity contribution in [1.29, 1.82) is 0 Å². The molecule has 1 N–H and O–H groups in total. The maximum Gasteiger partial charge on any atom is 0.339 e. The van der Waals surface area contributed by atoms with Gasteiger partial charge in [-0.25, -0.2) is 4.79 Å². The molecule has 0 atom stereocenters. The van der Waals surface area contributed by atoms with Gasteiger partial charge in [-0.3, -0.25) is 4.79 Å². The summed E-state index contributed by atoms with van der Waals surface area (Å²) in [4.78, 5) is 29.4. The molecule has 4 aromatic carbocycles. The van der Waals surface area contributed by atoms with Gasteiger partial charge in [-0.15, -0.1) is 0 Å². The number of likely N-dealkylation sites (tertiary alicyclic amines) is 1. The molecule has 0 saturated carbocycles. The molecular weight excluding hydrogens is 629 g/mol. The van der Waals surface area contributed by atoms with Crippen LogP contribution in [0.15, 0.2) is 97.1 Å². The van der Waals surface area contributed by atoms with E-state index in [2.05, 4.69) is 50.1 Å². The summed E-state index contributed by atoms with van der Waals surface area (Å²) in [5.41, 5.74) is 5.06. The molecule has 0 radical (unpaired) electrons. The molecule has 1 saturated heterocycles. The van der Waals surface area contributed by atoms with E-state index < -0.39 is 14.3 Å². The number of benzene rings is 4. The van der Waals surface area contributed by atoms with Crippen LogP contribution in [-0.4, -0.2) is 58.4 Å². The number of esters is 1. The number of hydrogen-bond acceptors (Lipinski definition) is 6. The van der Waals surface area contributed by atoms with Crippen LogP contribution in [0.3, 0.4) is 0 Å². The highest BCUT2D eigenvalue weighted by atomic mass is 28.4. The van der Waals surface area contributed by atoms with Gasteiger partial charge in [0, 0.05) is 13.2 Å². The maximum atomic E-state index is 14.2. The van der Waals surface area contributed by atoms with Gasteiger partial charge in [-0.05, 0) is 96.5 Å². The fourth-order valence-corrected chi connectivity index (χ4v) is 6.95. The second kappa shape index (κ2) is 16.0. The first-order valence-electron chi connectivity index (χ1n) is 17.2. The Balaban J connectivity index is 1.36. The second-order valence-corrected chi connectivity index (χ2v) is 19.1. The largest absolute Gasteiger partial charge is 0.488 e. The van der Waals surface area contributed by atoms with Crippen molar-refractivity contribution >= 4 is 25.9 Å². The van der Waals surface area contributed by atoms with E-state index in [4.69, 9.17) is 13.9 Å². The Bertz CT molecular complexity index is 1710. The predicted octanol–water partition coefficient (Wildman–Crippen LogP) is 9.17. The highest BCUT2D eigenvalue weighted by Gasteiger charge is 2.37. The summed E-state index contributed by atoms with van der Waals surface area (Å²) in [5.74, 6) is -0.0605. The molecule has 0 spiro atoms. The molecule has 0 aromatic heterocycles. The zero-order valence-electron chi connectivity index (χ0n) is 29.8. The number of amides is 1. The number of piperidine rings is 1. The lowest BCUT2D eigenvalue weighted by Gasteiger charge is -2.38. The third kappa shape index (κ3) is 9.26. The normalized spacial score (nSPS) is 14.3. The number of rotatable bonds is 12. The first kappa shape index (κ1) is 36.0. The van der Waals surface area contributed by atoms with Gasteiger partial charge in [0.15, 0.2) is 8.32 Å². The number of ether oxygens (including phenoxy) is 2. The van der Waals surface area contributed by atoms with E-state index in [-0.39, 0.29) is 16.5 Å². The molecule has 1 amide bonds. The van der Waals surface area contributed by atoms with Gasteiger partial charge in [0.25, 0.3) is 5.91 Å². The summed E-state index contributed by atoms with van der Waals surface area (Å²) >= 11 is 0. The lowest BCUT2D eigenvalue weighted by molar-refractivity contribution is 0.0602. The molecule has 49 heavy (non-hydrogen) atoms. The average molecular weight is 679 g/mol. The Kier molecular flexibility index (Phi) is 11.8. The van der Waals surface area contributed by atoms with E-state index in [1.54, 1.807) is 6.07 Å². The predicted molar refractivity (Wildman–Crippen MR) is 200 cm³/mol. The van der Waals surface area contributed by atoms with E-state index in [9.17, 15) is 9.59 Å². The standard InChI is InChI=1S/C41H50N2O5Si/c1-41(2,3)49(5,6)48-26-25-43-23-21-32(22-24-43)33-18-20-38(47-29-30-13-9-7-10-14-30)36(27-33)39(44)42-37-28-34(31-15-11-8-12-16-31)17-19-35(37)40(45)46-4/h7-20,27-28,32H,21-26,29H2,1-6H3,(H,42,44). The quantitative estimate of drug-likeness (QED) is 0.119. The van der Waals surface area contributed by atoms with Crippen LogP contribution in [0.1, 0.15) is 71.4 Å². The van der Waals surface area contributed by atoms with Gasteiger partial charge in [-0.1, -0.05) is 93.6 Å². The van der Waals surface area contributed by atoms with Crippen LogP contribution in [0, 0.1) is 0 Å². The van der Waals surface area contributed by atoms with Crippen molar-refractivity contribution in [3.05, 3.63) is 119 Å². The van der Waals surface area contributed by atoms with E-state index in [1.807, 2.05) is 84.9 Å². The van der Waals surface area contributed by atoms with Gasteiger partial charge in [0.05, 0.1) is 23.9 Å². The molecule has 5 rings (SSSR count). The van der Waals surface area contributed by atoms with Gasteiger partial charge >= 0.3 is 5.97 Å². The highest BCUT2D eigenvalue weighted by Crippen LogP contribution is 2.37. The van der Waals surface area contributed by atoms with E-state index in [1.165, 1.54) is 7.11 Å². The number of carbonyl (C=O) groups excluding carboxylic acids is 2. The number of nitrogens with zero attached hydrogens (tertiary/aromatic N) is 1. The first-order chi connectivity index (χ1) is 23.4. The van der Waals surface area contributed by atoms with Crippen LogP contribution >= 0.6 is 0 Å². The lowest BCUT2D eigenvalue weighted by Crippen LogP contribution is -2.43. The summed E-state index contributed by atoms with van der Waals surface area (Å²) in [6.07, 6.45) is 1.99. The molecule has 0 unspecified atom stereocenters. The third-order valence-corrected chi connectivity index (χ3v) is 14.5. The minimum atomic E-state index is -1.77. The van der Waals surface area contributed by atoms with Gasteiger partial charge in [0.2, 0.25) is 0 Å². The second-order valence-electron chi connectivity index (χ2n) is 14.3. The van der Waals surface area contributed by atoms with Crippen molar-refractivity contribution in [3.63, 3.8) is 0 Å². The fourth-order valence-electron chi connectivity index (χ4n) is 5.91. The zero-order valence-corrected chi connectivity index (χ0v) is 30.8. The third-order valence-electron chi connectivity index (χ3n) is 10.0. The topological polar surface area (TPSA) is 77.1 Å². The Labute approximate surface area is 292 Å². The molecule has 1 aliphatic heterocycles. The lowest BCUT2D eigenvalue weighted by atomic mass is 9.88. The summed E-state index contributed by atoms with van der Waals surface area (Å²) in [6, 6.07) is 31.1. The summed E-state index contributed by atoms with van der Waals surface area (Å²) < 4.78 is 17.8. The van der Waals surface area contributed by atoms with Crippen LogP contribution in [0.5, 0.6) is 5.75 Å². The molecule has 1 heterocycles. The van der Waals surface area contributed by atoms with Crippen molar-refractivity contribution in [2.75, 3.05) is 38.7 Å². The Morgan fingerprint density at radius 2 is 1.51 bits per heavy atom. The number of hydrogen-bond donors (Lipinski definition) is 1. The number of carbonyl (C=O) groups is 2. The van der Waals surface area contributed by atoms with Crippen LogP contribution in [0.4, 0.5) is 5.69 Å². The molecular formula is C41H50N2O5Si. The molecule has 4 aromatic rings. The fraction of sp³-hybridized carbons (Fsp3) is 0.366. The van der Waals surface area contributed by atoms with E-state index >= 15 is 0 Å². The van der Waals surface area contributed by atoms with Crippen molar-refractivity contribution < 1.29 is 23.5 Å². The van der Waals surface area contributed by atoms with Crippen LogP contribution in [0.2, 0.25) is 18.1 Å². The average Bonchev–Trinajstić information content (AvgIpc) is 3.11. The molecule has 0 aliphatic carbocycles. The molecule has 7 nitrogen and oxygen atoms in total. The number of nitrogens with one attached hydrogen (secondary N) is 1. The summed E-state index contributed by atoms with van der Waals surface area (Å²) in [7, 11) is -0.432. The highest BCUT2D eigenvalue weighted by molar-refractivity contribution is 6.74. The van der Waals surface area contributed by atoms with E-state index in [0.29, 0.717) is 29.5 Å². The van der Waals surface area contributed by atoms with Crippen LogP contribution < -0.4 is 10.1 Å². The Morgan fingerprint density at radius 3 is 2.16 bits per heavy atom. The van der Waals surface area contributed by atoms with Gasteiger partial charge in [0.1, 0.15) is 12.4 Å². The van der Waals surface area contributed by atoms with Crippen LogP contribution in [-0.2, 0) is 15.8 Å². The Morgan fingerprint density at radius 1 is 0.837 bits per heavy atom. The monoisotopic (exact) mass is 678 g/mol. The number of methoxy groups -OCH3 is 1. The smallest absolute Gasteiger partial charge is 0.339 e. The van der Waals surface area contributed by atoms with Gasteiger partial charge in [-0.2, -0.15) is 0 Å². The Hall–Kier alpha value is -4.24. The molecule has 258 valence electrons. The van der Waals surface area contributed by atoms with Gasteiger partial charge < -0.3 is 24.1 Å². The molecule has 8 heteroatoms. The summed E-state index contributed by atoms with van der Waals surface area (Å²) in [6.45, 7) is 15.4. The summed E-state index contributed by atoms with van der Waals surface area (Å²) in [5, 5.41) is 3.24. The zero-order chi connectivity index (χ0) is 35.0. The number of anilines is 1. The van der Waals surface area contributed by atoms with Crippen molar-refractivity contribution in [3.8, 4) is 16.9 Å². The minimum Gasteiger partial charge on any atom is -0.488 e. The SMILES string of the molecule is COC(=O)c1ccc(-c2ccccc2)cc1NC(=O)c1cc(C2CCN(CCO[Si](C)(C)C(C)(C)C)CC2)ccc1OCc1ccccc1. The van der Waals surface area contributed by atoms with Crippen molar-refractivity contribution in [2.45, 2.75) is 64.3 Å². The minimum absolute atomic E-state index is 0.201. The van der Waals surface area contributed by atoms with Crippen molar-refractivity contribution in [2.24, 2.45) is 0 Å². The first-order valence-corrected chi connectivity index (χ1v) is 20.1. The maximum absolute atomic E-state index is 14.2. The molecule has 0 bridgehead atoms. The molecule has 1 fully saturated rings. The van der Waals surface area contributed by atoms with E-state index in [0.717, 1.165) is 61.3 Å².